The average Bonchev–Trinajstić information content (AvgIpc) is 3.02. The van der Waals surface area contributed by atoms with E-state index < -0.39 is 0 Å². The Morgan fingerprint density at radius 2 is 2.12 bits per heavy atom. The molecule has 0 unspecified atom stereocenters. The van der Waals surface area contributed by atoms with Gasteiger partial charge in [0.2, 0.25) is 5.91 Å². The van der Waals surface area contributed by atoms with Crippen LogP contribution in [-0.2, 0) is 9.53 Å². The van der Waals surface area contributed by atoms with Crippen molar-refractivity contribution < 1.29 is 9.53 Å². The van der Waals surface area contributed by atoms with E-state index >= 15 is 0 Å². The van der Waals surface area contributed by atoms with Gasteiger partial charge in [-0.1, -0.05) is 0 Å². The Hall–Kier alpha value is -0.610. The van der Waals surface area contributed by atoms with Crippen LogP contribution in [-0.4, -0.2) is 37.7 Å². The van der Waals surface area contributed by atoms with Crippen molar-refractivity contribution in [3.05, 3.63) is 0 Å². The fourth-order valence-corrected chi connectivity index (χ4v) is 1.98. The third-order valence-electron chi connectivity index (χ3n) is 3.33. The molecule has 2 N–H and O–H groups in total. The molecule has 0 atom stereocenters. The van der Waals surface area contributed by atoms with Crippen LogP contribution in [0.15, 0.2) is 0 Å². The second-order valence-corrected chi connectivity index (χ2v) is 4.87. The molecular weight excluding hydrogens is 204 g/mol. The van der Waals surface area contributed by atoms with Crippen molar-refractivity contribution in [2.24, 2.45) is 5.92 Å². The van der Waals surface area contributed by atoms with E-state index in [1.807, 2.05) is 6.92 Å². The zero-order valence-corrected chi connectivity index (χ0v) is 10.00. The monoisotopic (exact) mass is 226 g/mol. The molecule has 92 valence electrons. The van der Waals surface area contributed by atoms with Crippen molar-refractivity contribution >= 4 is 5.91 Å². The fraction of sp³-hybridized carbons (Fsp3) is 0.917. The average molecular weight is 226 g/mol. The lowest BCUT2D eigenvalue weighted by molar-refractivity contribution is -0.120. The zero-order valence-electron chi connectivity index (χ0n) is 10.00. The predicted octanol–water partition coefficient (Wildman–Crippen LogP) is 0.670. The molecule has 0 aliphatic heterocycles. The van der Waals surface area contributed by atoms with E-state index in [1.165, 1.54) is 12.8 Å². The molecule has 0 aromatic heterocycles. The first-order valence-electron chi connectivity index (χ1n) is 6.39. The second-order valence-electron chi connectivity index (χ2n) is 4.87. The van der Waals surface area contributed by atoms with Crippen LogP contribution in [0, 0.1) is 5.92 Å². The molecule has 0 aromatic carbocycles. The highest BCUT2D eigenvalue weighted by molar-refractivity contribution is 5.78. The number of hydrogen-bond donors (Lipinski definition) is 2. The standard InChI is InChI=1S/C12H22N2O2/c1-2-16-11-5-10(6-11)13-8-12(15)14-7-9-3-4-9/h9-11,13H,2-8H2,1H3,(H,14,15). The van der Waals surface area contributed by atoms with Gasteiger partial charge in [0.1, 0.15) is 0 Å². The minimum Gasteiger partial charge on any atom is -0.378 e. The van der Waals surface area contributed by atoms with Crippen LogP contribution in [0.1, 0.15) is 32.6 Å². The third kappa shape index (κ3) is 3.76. The van der Waals surface area contributed by atoms with E-state index in [0.29, 0.717) is 18.7 Å². The van der Waals surface area contributed by atoms with Crippen molar-refractivity contribution in [3.63, 3.8) is 0 Å². The van der Waals surface area contributed by atoms with Gasteiger partial charge in [0.15, 0.2) is 0 Å². The summed E-state index contributed by atoms with van der Waals surface area (Å²) in [5.41, 5.74) is 0. The third-order valence-corrected chi connectivity index (χ3v) is 3.33. The van der Waals surface area contributed by atoms with Crippen LogP contribution in [0.3, 0.4) is 0 Å². The van der Waals surface area contributed by atoms with Crippen molar-refractivity contribution in [3.8, 4) is 0 Å². The highest BCUT2D eigenvalue weighted by atomic mass is 16.5. The van der Waals surface area contributed by atoms with Gasteiger partial charge < -0.3 is 15.4 Å². The lowest BCUT2D eigenvalue weighted by Crippen LogP contribution is -2.48. The maximum atomic E-state index is 11.4. The van der Waals surface area contributed by atoms with Gasteiger partial charge in [-0.2, -0.15) is 0 Å². The van der Waals surface area contributed by atoms with Crippen LogP contribution in [0.5, 0.6) is 0 Å². The molecule has 0 saturated heterocycles. The summed E-state index contributed by atoms with van der Waals surface area (Å²) in [6.45, 7) is 4.13. The summed E-state index contributed by atoms with van der Waals surface area (Å²) in [4.78, 5) is 11.4. The zero-order chi connectivity index (χ0) is 11.4. The highest BCUT2D eigenvalue weighted by Crippen LogP contribution is 2.27. The minimum atomic E-state index is 0.131. The van der Waals surface area contributed by atoms with Gasteiger partial charge in [-0.3, -0.25) is 4.79 Å². The molecule has 4 nitrogen and oxygen atoms in total. The molecule has 1 amide bonds. The largest absolute Gasteiger partial charge is 0.378 e. The number of hydrogen-bond acceptors (Lipinski definition) is 3. The smallest absolute Gasteiger partial charge is 0.233 e. The van der Waals surface area contributed by atoms with Crippen LogP contribution < -0.4 is 10.6 Å². The molecule has 0 bridgehead atoms. The Labute approximate surface area is 97.1 Å². The maximum Gasteiger partial charge on any atom is 0.233 e. The van der Waals surface area contributed by atoms with Crippen molar-refractivity contribution in [1.29, 1.82) is 0 Å². The second kappa shape index (κ2) is 5.64. The van der Waals surface area contributed by atoms with E-state index in [-0.39, 0.29) is 5.91 Å². The van der Waals surface area contributed by atoms with E-state index in [9.17, 15) is 4.79 Å². The van der Waals surface area contributed by atoms with Gasteiger partial charge in [0.05, 0.1) is 12.6 Å². The van der Waals surface area contributed by atoms with Gasteiger partial charge in [-0.05, 0) is 38.5 Å². The molecule has 2 aliphatic carbocycles. The molecule has 2 saturated carbocycles. The van der Waals surface area contributed by atoms with Crippen LogP contribution >= 0.6 is 0 Å². The van der Waals surface area contributed by atoms with E-state index in [4.69, 9.17) is 4.74 Å². The van der Waals surface area contributed by atoms with E-state index in [0.717, 1.165) is 31.9 Å². The van der Waals surface area contributed by atoms with Gasteiger partial charge >= 0.3 is 0 Å². The van der Waals surface area contributed by atoms with Crippen molar-refractivity contribution in [2.75, 3.05) is 19.7 Å². The summed E-state index contributed by atoms with van der Waals surface area (Å²) in [6, 6.07) is 0.475. The molecular formula is C12H22N2O2. The SMILES string of the molecule is CCOC1CC(NCC(=O)NCC2CC2)C1. The molecule has 0 heterocycles. The van der Waals surface area contributed by atoms with Crippen molar-refractivity contribution in [2.45, 2.75) is 44.8 Å². The summed E-state index contributed by atoms with van der Waals surface area (Å²) >= 11 is 0. The number of carbonyl (C=O) groups is 1. The van der Waals surface area contributed by atoms with Crippen molar-refractivity contribution in [1.82, 2.24) is 10.6 Å². The minimum absolute atomic E-state index is 0.131. The quantitative estimate of drug-likeness (QED) is 0.671. The lowest BCUT2D eigenvalue weighted by Gasteiger charge is -2.35. The number of nitrogens with one attached hydrogen (secondary N) is 2. The first-order valence-corrected chi connectivity index (χ1v) is 6.39. The molecule has 2 rings (SSSR count). The molecule has 4 heteroatoms. The number of ether oxygens (including phenoxy) is 1. The summed E-state index contributed by atoms with van der Waals surface area (Å²) in [6.07, 6.45) is 5.07. The molecule has 0 spiro atoms. The first kappa shape index (κ1) is 11.9. The maximum absolute atomic E-state index is 11.4. The molecule has 0 radical (unpaired) electrons. The molecule has 2 aliphatic rings. The van der Waals surface area contributed by atoms with Crippen LogP contribution in [0.4, 0.5) is 0 Å². The summed E-state index contributed by atoms with van der Waals surface area (Å²) in [5, 5.41) is 6.21. The number of amides is 1. The first-order chi connectivity index (χ1) is 7.78. The van der Waals surface area contributed by atoms with Crippen LogP contribution in [0.25, 0.3) is 0 Å². The molecule has 2 fully saturated rings. The normalized spacial score (nSPS) is 28.6. The fourth-order valence-electron chi connectivity index (χ4n) is 1.98. The Kier molecular flexibility index (Phi) is 4.18. The number of rotatable bonds is 7. The molecule has 16 heavy (non-hydrogen) atoms. The summed E-state index contributed by atoms with van der Waals surface area (Å²) in [5.74, 6) is 0.891. The van der Waals surface area contributed by atoms with E-state index in [1.54, 1.807) is 0 Å². The molecule has 0 aromatic rings. The Morgan fingerprint density at radius 1 is 1.38 bits per heavy atom. The van der Waals surface area contributed by atoms with Gasteiger partial charge in [-0.15, -0.1) is 0 Å². The van der Waals surface area contributed by atoms with Crippen LogP contribution in [0.2, 0.25) is 0 Å². The Balaban J connectivity index is 1.46. The van der Waals surface area contributed by atoms with E-state index in [2.05, 4.69) is 10.6 Å². The Bertz CT molecular complexity index is 235. The Morgan fingerprint density at radius 3 is 2.75 bits per heavy atom. The lowest BCUT2D eigenvalue weighted by atomic mass is 9.89. The number of carbonyl (C=O) groups excluding carboxylic acids is 1. The summed E-state index contributed by atoms with van der Waals surface area (Å²) in [7, 11) is 0. The van der Waals surface area contributed by atoms with Gasteiger partial charge in [0.25, 0.3) is 0 Å². The summed E-state index contributed by atoms with van der Waals surface area (Å²) < 4.78 is 5.46. The predicted molar refractivity (Wildman–Crippen MR) is 62.2 cm³/mol. The van der Waals surface area contributed by atoms with Gasteiger partial charge in [0, 0.05) is 19.2 Å². The van der Waals surface area contributed by atoms with Gasteiger partial charge in [-0.25, -0.2) is 0 Å². The topological polar surface area (TPSA) is 50.4 Å². The highest BCUT2D eigenvalue weighted by Gasteiger charge is 2.29.